The molecule has 1 aromatic carbocycles. The van der Waals surface area contributed by atoms with Gasteiger partial charge in [0.15, 0.2) is 0 Å². The minimum Gasteiger partial charge on any atom is -0.497 e. The Balaban J connectivity index is 2.13. The molecule has 0 unspecified atom stereocenters. The van der Waals surface area contributed by atoms with E-state index in [2.05, 4.69) is 41.6 Å². The molecule has 4 heteroatoms. The lowest BCUT2D eigenvalue weighted by Gasteiger charge is -2.21. The average molecular weight is 351 g/mol. The summed E-state index contributed by atoms with van der Waals surface area (Å²) in [5.41, 5.74) is 4.83. The van der Waals surface area contributed by atoms with Crippen LogP contribution in [-0.4, -0.2) is 42.1 Å². The van der Waals surface area contributed by atoms with E-state index in [1.54, 1.807) is 14.2 Å². The number of rotatable bonds is 5. The first-order valence-corrected chi connectivity index (χ1v) is 9.11. The molecule has 26 heavy (non-hydrogen) atoms. The summed E-state index contributed by atoms with van der Waals surface area (Å²) < 4.78 is 13.4. The first-order valence-electron chi connectivity index (χ1n) is 9.11. The molecular weight excluding hydrogens is 324 g/mol. The van der Waals surface area contributed by atoms with Gasteiger partial charge in [0.2, 0.25) is 5.71 Å². The van der Waals surface area contributed by atoms with Crippen molar-refractivity contribution in [2.45, 2.75) is 32.7 Å². The molecule has 0 radical (unpaired) electrons. The second kappa shape index (κ2) is 8.17. The fourth-order valence-electron chi connectivity index (χ4n) is 3.49. The van der Waals surface area contributed by atoms with E-state index in [-0.39, 0.29) is 0 Å². The molecule has 0 amide bonds. The van der Waals surface area contributed by atoms with Crippen LogP contribution in [0.2, 0.25) is 0 Å². The number of allylic oxidation sites excluding steroid dienone is 1. The van der Waals surface area contributed by atoms with Gasteiger partial charge in [-0.1, -0.05) is 0 Å². The van der Waals surface area contributed by atoms with Gasteiger partial charge in [0.1, 0.15) is 24.1 Å². The fourth-order valence-corrected chi connectivity index (χ4v) is 3.49. The number of hydrogen-bond acceptors (Lipinski definition) is 3. The molecule has 3 rings (SSSR count). The maximum atomic E-state index is 5.58. The van der Waals surface area contributed by atoms with Crippen molar-refractivity contribution < 1.29 is 14.0 Å². The van der Waals surface area contributed by atoms with Gasteiger partial charge in [-0.2, -0.15) is 0 Å². The molecule has 0 bridgehead atoms. The zero-order valence-corrected chi connectivity index (χ0v) is 16.0. The molecule has 136 valence electrons. The normalized spacial score (nSPS) is 16.3. The monoisotopic (exact) mass is 351 g/mol. The molecule has 1 aromatic heterocycles. The third kappa shape index (κ3) is 3.79. The number of pyridine rings is 1. The van der Waals surface area contributed by atoms with Crippen LogP contribution in [0.3, 0.4) is 0 Å². The molecule has 0 spiro atoms. The molecule has 2 heterocycles. The molecule has 2 aromatic rings. The number of methoxy groups -OCH3 is 2. The van der Waals surface area contributed by atoms with Crippen molar-refractivity contribution in [3.63, 3.8) is 0 Å². The highest BCUT2D eigenvalue weighted by atomic mass is 16.5. The lowest BCUT2D eigenvalue weighted by Crippen LogP contribution is -2.34. The predicted octanol–water partition coefficient (Wildman–Crippen LogP) is 4.19. The Morgan fingerprint density at radius 2 is 2.00 bits per heavy atom. The summed E-state index contributed by atoms with van der Waals surface area (Å²) in [6.07, 6.45) is 8.21. The van der Waals surface area contributed by atoms with Crippen molar-refractivity contribution >= 4 is 11.8 Å². The van der Waals surface area contributed by atoms with Gasteiger partial charge >= 0.3 is 0 Å². The summed E-state index contributed by atoms with van der Waals surface area (Å²) in [4.78, 5) is 4.34. The summed E-state index contributed by atoms with van der Waals surface area (Å²) in [5, 5.41) is 0. The van der Waals surface area contributed by atoms with E-state index in [4.69, 9.17) is 9.47 Å². The summed E-state index contributed by atoms with van der Waals surface area (Å²) in [7, 11) is 3.37. The Hall–Kier alpha value is -2.62. The van der Waals surface area contributed by atoms with Gasteiger partial charge in [0.05, 0.1) is 19.8 Å². The highest BCUT2D eigenvalue weighted by molar-refractivity contribution is 6.12. The van der Waals surface area contributed by atoms with Gasteiger partial charge < -0.3 is 9.47 Å². The van der Waals surface area contributed by atoms with Crippen molar-refractivity contribution in [3.05, 3.63) is 59.4 Å². The van der Waals surface area contributed by atoms with Crippen LogP contribution in [0, 0.1) is 0 Å². The predicted molar refractivity (Wildman–Crippen MR) is 105 cm³/mol. The van der Waals surface area contributed by atoms with Crippen LogP contribution < -0.4 is 9.47 Å². The third-order valence-electron chi connectivity index (χ3n) is 4.77. The highest BCUT2D eigenvalue weighted by Gasteiger charge is 2.28. The van der Waals surface area contributed by atoms with Crippen molar-refractivity contribution in [2.24, 2.45) is 0 Å². The quantitative estimate of drug-likeness (QED) is 0.758. The van der Waals surface area contributed by atoms with Crippen molar-refractivity contribution in [1.82, 2.24) is 4.98 Å². The van der Waals surface area contributed by atoms with Gasteiger partial charge in [-0.3, -0.25) is 4.98 Å². The molecule has 4 nitrogen and oxygen atoms in total. The standard InChI is InChI=1S/C22H27N2O2/c1-16(2)24-12-6-8-18(22(24)19-7-5-11-23-15-19)13-17-9-10-20(25-3)14-21(17)26-4/h5,7,9-11,13-16H,6,8,12H2,1-4H3/q+1/b18-13+. The summed E-state index contributed by atoms with van der Waals surface area (Å²) >= 11 is 0. The lowest BCUT2D eigenvalue weighted by molar-refractivity contribution is -0.560. The van der Waals surface area contributed by atoms with Crippen LogP contribution in [0.4, 0.5) is 0 Å². The van der Waals surface area contributed by atoms with E-state index in [1.165, 1.54) is 16.8 Å². The first-order chi connectivity index (χ1) is 12.6. The molecule has 0 saturated carbocycles. The fraction of sp³-hybridized carbons (Fsp3) is 0.364. The Morgan fingerprint density at radius 1 is 1.15 bits per heavy atom. The minimum atomic E-state index is 0.437. The van der Waals surface area contributed by atoms with E-state index in [1.807, 2.05) is 30.6 Å². The van der Waals surface area contributed by atoms with Crippen LogP contribution in [0.1, 0.15) is 37.8 Å². The first kappa shape index (κ1) is 18.2. The summed E-state index contributed by atoms with van der Waals surface area (Å²) in [6.45, 7) is 5.56. The van der Waals surface area contributed by atoms with Gasteiger partial charge in [0.25, 0.3) is 0 Å². The number of hydrogen-bond donors (Lipinski definition) is 0. The average Bonchev–Trinajstić information content (AvgIpc) is 2.68. The molecule has 0 saturated heterocycles. The Morgan fingerprint density at radius 3 is 2.65 bits per heavy atom. The number of aromatic nitrogens is 1. The highest BCUT2D eigenvalue weighted by Crippen LogP contribution is 2.29. The summed E-state index contributed by atoms with van der Waals surface area (Å²) in [5.74, 6) is 1.62. The third-order valence-corrected chi connectivity index (χ3v) is 4.77. The van der Waals surface area contributed by atoms with Gasteiger partial charge in [-0.05, 0) is 50.6 Å². The zero-order chi connectivity index (χ0) is 18.5. The van der Waals surface area contributed by atoms with Crippen LogP contribution in [-0.2, 0) is 0 Å². The van der Waals surface area contributed by atoms with Gasteiger partial charge in [-0.25, -0.2) is 4.58 Å². The number of nitrogens with zero attached hydrogens (tertiary/aromatic N) is 2. The smallest absolute Gasteiger partial charge is 0.212 e. The van der Waals surface area contributed by atoms with Crippen molar-refractivity contribution in [3.8, 4) is 11.5 Å². The molecule has 1 aliphatic heterocycles. The molecule has 1 aliphatic rings. The SMILES string of the molecule is COc1ccc(/C=C2\CCC[N+](C(C)C)=C2c2cccnc2)c(OC)c1. The van der Waals surface area contributed by atoms with E-state index in [9.17, 15) is 0 Å². The van der Waals surface area contributed by atoms with Crippen molar-refractivity contribution in [2.75, 3.05) is 20.8 Å². The van der Waals surface area contributed by atoms with Crippen LogP contribution in [0.5, 0.6) is 11.5 Å². The van der Waals surface area contributed by atoms with E-state index in [0.29, 0.717) is 6.04 Å². The van der Waals surface area contributed by atoms with E-state index in [0.717, 1.165) is 36.4 Å². The Kier molecular flexibility index (Phi) is 5.71. The maximum absolute atomic E-state index is 5.58. The molecule has 0 fully saturated rings. The van der Waals surface area contributed by atoms with Crippen molar-refractivity contribution in [1.29, 1.82) is 0 Å². The maximum Gasteiger partial charge on any atom is 0.212 e. The Bertz CT molecular complexity index is 823. The van der Waals surface area contributed by atoms with Crippen LogP contribution >= 0.6 is 0 Å². The second-order valence-electron chi connectivity index (χ2n) is 6.76. The second-order valence-corrected chi connectivity index (χ2v) is 6.76. The molecule has 0 atom stereocenters. The van der Waals surface area contributed by atoms with E-state index < -0.39 is 0 Å². The van der Waals surface area contributed by atoms with Gasteiger partial charge in [-0.15, -0.1) is 0 Å². The molecule has 0 aliphatic carbocycles. The largest absolute Gasteiger partial charge is 0.497 e. The Labute approximate surface area is 155 Å². The van der Waals surface area contributed by atoms with Crippen LogP contribution in [0.15, 0.2) is 48.3 Å². The summed E-state index contributed by atoms with van der Waals surface area (Å²) in [6, 6.07) is 10.5. The zero-order valence-electron chi connectivity index (χ0n) is 16.0. The molecule has 0 N–H and O–H groups in total. The number of ether oxygens (including phenoxy) is 2. The topological polar surface area (TPSA) is 34.4 Å². The minimum absolute atomic E-state index is 0.437. The molecular formula is C22H27N2O2+. The van der Waals surface area contributed by atoms with Crippen LogP contribution in [0.25, 0.3) is 6.08 Å². The van der Waals surface area contributed by atoms with E-state index >= 15 is 0 Å². The van der Waals surface area contributed by atoms with Gasteiger partial charge in [0, 0.05) is 36.0 Å². The number of benzene rings is 1. The lowest BCUT2D eigenvalue weighted by atomic mass is 9.93.